The monoisotopic (exact) mass is 326 g/mol. The number of nitrogens with zero attached hydrogens (tertiary/aromatic N) is 1. The molecule has 2 aromatic carbocycles. The van der Waals surface area contributed by atoms with Crippen molar-refractivity contribution in [3.05, 3.63) is 70.3 Å². The maximum atomic E-state index is 12.3. The van der Waals surface area contributed by atoms with E-state index in [2.05, 4.69) is 5.32 Å². The van der Waals surface area contributed by atoms with E-state index in [-0.39, 0.29) is 11.8 Å². The zero-order valence-electron chi connectivity index (χ0n) is 12.5. The molecule has 0 saturated carbocycles. The average Bonchev–Trinajstić information content (AvgIpc) is 2.54. The van der Waals surface area contributed by atoms with Gasteiger partial charge in [-0.05, 0) is 47.5 Å². The second kappa shape index (κ2) is 6.26. The summed E-state index contributed by atoms with van der Waals surface area (Å²) < 4.78 is 0. The van der Waals surface area contributed by atoms with Crippen LogP contribution in [-0.2, 0) is 6.54 Å². The highest BCUT2D eigenvalue weighted by molar-refractivity contribution is 6.30. The number of halogens is 1. The first-order valence-electron chi connectivity index (χ1n) is 7.16. The number of amides is 2. The number of carbonyl (C=O) groups excluding carboxylic acids is 2. The van der Waals surface area contributed by atoms with Gasteiger partial charge in [-0.25, -0.2) is 4.79 Å². The van der Waals surface area contributed by atoms with Gasteiger partial charge in [0.05, 0.1) is 0 Å². The highest BCUT2D eigenvalue weighted by atomic mass is 35.5. The molecule has 1 N–H and O–H groups in total. The summed E-state index contributed by atoms with van der Waals surface area (Å²) in [6.07, 6.45) is 3.29. The highest BCUT2D eigenvalue weighted by Gasteiger charge is 2.19. The number of carbonyl (C=O) groups is 2. The van der Waals surface area contributed by atoms with E-state index in [1.807, 2.05) is 18.2 Å². The van der Waals surface area contributed by atoms with Crippen LogP contribution in [0.15, 0.2) is 48.5 Å². The molecule has 5 heteroatoms. The molecule has 0 aliphatic carbocycles. The molecule has 116 valence electrons. The first-order chi connectivity index (χ1) is 11.0. The van der Waals surface area contributed by atoms with Gasteiger partial charge >= 0.3 is 6.03 Å². The van der Waals surface area contributed by atoms with Gasteiger partial charge in [0.25, 0.3) is 0 Å². The number of allylic oxidation sites excluding steroid dienone is 1. The molecule has 2 amide bonds. The minimum atomic E-state index is -0.140. The van der Waals surface area contributed by atoms with Crippen molar-refractivity contribution >= 4 is 35.2 Å². The first-order valence-corrected chi connectivity index (χ1v) is 7.54. The average molecular weight is 327 g/mol. The molecule has 0 saturated heterocycles. The maximum absolute atomic E-state index is 12.3. The largest absolute Gasteiger partial charge is 0.323 e. The lowest BCUT2D eigenvalue weighted by molar-refractivity contribution is 0.104. The number of fused-ring (bicyclic) bond motifs is 1. The Bertz CT molecular complexity index is 797. The standard InChI is InChI=1S/C18H15ClN2O2/c1-21-11-14-10-13(5-8-16(14)20-18(21)23)17(22)9-4-12-2-6-15(19)7-3-12/h2-10H,11H2,1H3,(H,20,23)/b9-4+. The number of urea groups is 1. The highest BCUT2D eigenvalue weighted by Crippen LogP contribution is 2.24. The van der Waals surface area contributed by atoms with E-state index in [1.54, 1.807) is 42.3 Å². The number of hydrogen-bond donors (Lipinski definition) is 1. The van der Waals surface area contributed by atoms with Crippen LogP contribution in [-0.4, -0.2) is 23.8 Å². The van der Waals surface area contributed by atoms with Crippen LogP contribution < -0.4 is 5.32 Å². The number of hydrogen-bond acceptors (Lipinski definition) is 2. The van der Waals surface area contributed by atoms with E-state index in [1.165, 1.54) is 6.08 Å². The number of ketones is 1. The minimum absolute atomic E-state index is 0.0812. The molecule has 0 spiro atoms. The van der Waals surface area contributed by atoms with E-state index in [0.717, 1.165) is 16.8 Å². The zero-order valence-corrected chi connectivity index (χ0v) is 13.3. The van der Waals surface area contributed by atoms with Crippen LogP contribution in [0.1, 0.15) is 21.5 Å². The maximum Gasteiger partial charge on any atom is 0.321 e. The fourth-order valence-corrected chi connectivity index (χ4v) is 2.51. The second-order valence-corrected chi connectivity index (χ2v) is 5.84. The van der Waals surface area contributed by atoms with Crippen molar-refractivity contribution in [2.24, 2.45) is 0 Å². The van der Waals surface area contributed by atoms with Gasteiger partial charge in [-0.3, -0.25) is 4.79 Å². The lowest BCUT2D eigenvalue weighted by atomic mass is 10.0. The van der Waals surface area contributed by atoms with Crippen LogP contribution in [0.25, 0.3) is 6.08 Å². The summed E-state index contributed by atoms with van der Waals surface area (Å²) in [6.45, 7) is 0.489. The van der Waals surface area contributed by atoms with Crippen molar-refractivity contribution in [1.82, 2.24) is 4.90 Å². The molecular formula is C18H15ClN2O2. The molecular weight excluding hydrogens is 312 g/mol. The van der Waals surface area contributed by atoms with Crippen LogP contribution in [0.3, 0.4) is 0 Å². The Hall–Kier alpha value is -2.59. The predicted octanol–water partition coefficient (Wildman–Crippen LogP) is 4.21. The molecule has 0 bridgehead atoms. The summed E-state index contributed by atoms with van der Waals surface area (Å²) in [4.78, 5) is 25.5. The molecule has 4 nitrogen and oxygen atoms in total. The lowest BCUT2D eigenvalue weighted by Crippen LogP contribution is -2.35. The third-order valence-corrected chi connectivity index (χ3v) is 3.93. The Morgan fingerprint density at radius 2 is 1.96 bits per heavy atom. The van der Waals surface area contributed by atoms with E-state index in [9.17, 15) is 9.59 Å². The van der Waals surface area contributed by atoms with Crippen molar-refractivity contribution in [1.29, 1.82) is 0 Å². The normalized spacial score (nSPS) is 13.8. The minimum Gasteiger partial charge on any atom is -0.323 e. The van der Waals surface area contributed by atoms with Crippen LogP contribution in [0.5, 0.6) is 0 Å². The predicted molar refractivity (Wildman–Crippen MR) is 91.7 cm³/mol. The van der Waals surface area contributed by atoms with Crippen molar-refractivity contribution in [2.45, 2.75) is 6.54 Å². The number of benzene rings is 2. The van der Waals surface area contributed by atoms with E-state index >= 15 is 0 Å². The van der Waals surface area contributed by atoms with Gasteiger partial charge in [0.15, 0.2) is 5.78 Å². The van der Waals surface area contributed by atoms with Gasteiger partial charge in [0.2, 0.25) is 0 Å². The summed E-state index contributed by atoms with van der Waals surface area (Å²) in [5.74, 6) is -0.0812. The fraction of sp³-hybridized carbons (Fsp3) is 0.111. The molecule has 1 aliphatic heterocycles. The van der Waals surface area contributed by atoms with Gasteiger partial charge in [-0.15, -0.1) is 0 Å². The van der Waals surface area contributed by atoms with Gasteiger partial charge < -0.3 is 10.2 Å². The quantitative estimate of drug-likeness (QED) is 0.678. The lowest BCUT2D eigenvalue weighted by Gasteiger charge is -2.26. The summed E-state index contributed by atoms with van der Waals surface area (Å²) >= 11 is 5.83. The molecule has 0 atom stereocenters. The fourth-order valence-electron chi connectivity index (χ4n) is 2.38. The summed E-state index contributed by atoms with van der Waals surface area (Å²) in [5.41, 5.74) is 3.19. The van der Waals surface area contributed by atoms with Gasteiger partial charge in [-0.2, -0.15) is 0 Å². The Labute approximate surface area is 139 Å². The summed E-state index contributed by atoms with van der Waals surface area (Å²) in [5, 5.41) is 3.45. The number of anilines is 1. The molecule has 1 aliphatic rings. The smallest absolute Gasteiger partial charge is 0.321 e. The Kier molecular flexibility index (Phi) is 4.17. The summed E-state index contributed by atoms with van der Waals surface area (Å²) in [7, 11) is 1.72. The van der Waals surface area contributed by atoms with Gasteiger partial charge in [-0.1, -0.05) is 29.8 Å². The first kappa shape index (κ1) is 15.3. The molecule has 23 heavy (non-hydrogen) atoms. The number of nitrogens with one attached hydrogen (secondary N) is 1. The van der Waals surface area contributed by atoms with Gasteiger partial charge in [0.1, 0.15) is 0 Å². The molecule has 0 fully saturated rings. The molecule has 0 radical (unpaired) electrons. The van der Waals surface area contributed by atoms with Crippen LogP contribution in [0, 0.1) is 0 Å². The van der Waals surface area contributed by atoms with Crippen molar-refractivity contribution < 1.29 is 9.59 Å². The van der Waals surface area contributed by atoms with Gasteiger partial charge in [0, 0.05) is 29.9 Å². The van der Waals surface area contributed by atoms with E-state index in [0.29, 0.717) is 17.1 Å². The molecule has 3 rings (SSSR count). The summed E-state index contributed by atoms with van der Waals surface area (Å²) in [6, 6.07) is 12.4. The van der Waals surface area contributed by atoms with E-state index in [4.69, 9.17) is 11.6 Å². The Balaban J connectivity index is 1.79. The van der Waals surface area contributed by atoms with Crippen molar-refractivity contribution in [3.63, 3.8) is 0 Å². The molecule has 2 aromatic rings. The van der Waals surface area contributed by atoms with Crippen molar-refractivity contribution in [3.8, 4) is 0 Å². The third kappa shape index (κ3) is 3.43. The third-order valence-electron chi connectivity index (χ3n) is 3.68. The van der Waals surface area contributed by atoms with Crippen molar-refractivity contribution in [2.75, 3.05) is 12.4 Å². The van der Waals surface area contributed by atoms with Crippen LogP contribution >= 0.6 is 11.6 Å². The molecule has 0 aromatic heterocycles. The molecule has 1 heterocycles. The Morgan fingerprint density at radius 1 is 1.22 bits per heavy atom. The van der Waals surface area contributed by atoms with E-state index < -0.39 is 0 Å². The Morgan fingerprint density at radius 3 is 2.70 bits per heavy atom. The SMILES string of the molecule is CN1Cc2cc(C(=O)/C=C/c3ccc(Cl)cc3)ccc2NC1=O. The zero-order chi connectivity index (χ0) is 16.4. The number of rotatable bonds is 3. The topological polar surface area (TPSA) is 49.4 Å². The van der Waals surface area contributed by atoms with Crippen LogP contribution in [0.2, 0.25) is 5.02 Å². The van der Waals surface area contributed by atoms with Crippen LogP contribution in [0.4, 0.5) is 10.5 Å². The molecule has 0 unspecified atom stereocenters. The second-order valence-electron chi connectivity index (χ2n) is 5.41.